The second kappa shape index (κ2) is 10.6. The number of allylic oxidation sites excluding steroid dienone is 4. The Labute approximate surface area is 202 Å². The van der Waals surface area contributed by atoms with Crippen molar-refractivity contribution < 1.29 is 5.11 Å². The molecule has 1 aromatic carbocycles. The number of aliphatic hydroxyl groups is 1. The Bertz CT molecular complexity index is 743. The zero-order valence-electron chi connectivity index (χ0n) is 17.3. The summed E-state index contributed by atoms with van der Waals surface area (Å²) in [7, 11) is 2.17. The molecule has 0 amide bonds. The predicted molar refractivity (Wildman–Crippen MR) is 132 cm³/mol. The number of alkyl halides is 1. The second-order valence-electron chi connectivity index (χ2n) is 8.74. The van der Waals surface area contributed by atoms with Crippen LogP contribution in [0.4, 0.5) is 0 Å². The van der Waals surface area contributed by atoms with Crippen LogP contribution in [0, 0.1) is 5.92 Å². The summed E-state index contributed by atoms with van der Waals surface area (Å²) in [6.07, 6.45) is 11.3. The first-order valence-electron chi connectivity index (χ1n) is 10.3. The average Bonchev–Trinajstić information content (AvgIpc) is 2.66. The zero-order chi connectivity index (χ0) is 19.8. The predicted octanol–water partition coefficient (Wildman–Crippen LogP) is 5.15. The van der Waals surface area contributed by atoms with Crippen LogP contribution in [0.5, 0.6) is 0 Å². The first-order valence-corrected chi connectivity index (χ1v) is 11.1. The van der Waals surface area contributed by atoms with Crippen LogP contribution in [0.1, 0.15) is 30.7 Å². The lowest BCUT2D eigenvalue weighted by atomic mass is 9.65. The Morgan fingerprint density at radius 1 is 1.10 bits per heavy atom. The molecular formula is C23H32Cl4N2O. The molecule has 1 saturated carbocycles. The van der Waals surface area contributed by atoms with E-state index in [-0.39, 0.29) is 36.6 Å². The third kappa shape index (κ3) is 5.56. The standard InChI is InChI=1S/C23H30Cl2N2O.2ClH/c1-26-12-14-27(15-13-26)17-21(23(28)8-3-9-23)22(25)10-6-18(7-11-22)19-4-2-5-20(24)16-19;;/h2,4-7,10-11,16,18,21,28H,3,8-9,12-15,17H2,1H3;2*1H. The molecule has 2 aliphatic carbocycles. The van der Waals surface area contributed by atoms with Gasteiger partial charge in [-0.3, -0.25) is 0 Å². The maximum absolute atomic E-state index is 11.3. The molecule has 3 nitrogen and oxygen atoms in total. The third-order valence-electron chi connectivity index (χ3n) is 6.79. The summed E-state index contributed by atoms with van der Waals surface area (Å²) in [6.45, 7) is 5.06. The molecule has 1 atom stereocenters. The lowest BCUT2D eigenvalue weighted by molar-refractivity contribution is -0.0980. The molecular weight excluding hydrogens is 462 g/mol. The van der Waals surface area contributed by atoms with Crippen LogP contribution in [-0.2, 0) is 0 Å². The first-order chi connectivity index (χ1) is 13.4. The lowest BCUT2D eigenvalue weighted by Gasteiger charge is -2.51. The summed E-state index contributed by atoms with van der Waals surface area (Å²) in [6, 6.07) is 7.97. The fourth-order valence-corrected chi connectivity index (χ4v) is 5.30. The molecule has 0 radical (unpaired) electrons. The number of halogens is 4. The van der Waals surface area contributed by atoms with E-state index in [1.807, 2.05) is 18.2 Å². The molecule has 30 heavy (non-hydrogen) atoms. The van der Waals surface area contributed by atoms with Crippen molar-refractivity contribution in [2.45, 2.75) is 35.7 Å². The summed E-state index contributed by atoms with van der Waals surface area (Å²) in [4.78, 5) is 4.18. The Hall–Kier alpha value is -0.260. The van der Waals surface area contributed by atoms with E-state index in [0.29, 0.717) is 0 Å². The molecule has 1 saturated heterocycles. The largest absolute Gasteiger partial charge is 0.389 e. The fourth-order valence-electron chi connectivity index (χ4n) is 4.69. The zero-order valence-corrected chi connectivity index (χ0v) is 20.5. The van der Waals surface area contributed by atoms with Crippen molar-refractivity contribution in [2.24, 2.45) is 5.92 Å². The molecule has 1 aromatic rings. The van der Waals surface area contributed by atoms with Crippen molar-refractivity contribution in [3.8, 4) is 0 Å². The van der Waals surface area contributed by atoms with Crippen molar-refractivity contribution in [1.82, 2.24) is 9.80 Å². The van der Waals surface area contributed by atoms with Crippen molar-refractivity contribution in [2.75, 3.05) is 39.8 Å². The highest BCUT2D eigenvalue weighted by Crippen LogP contribution is 2.48. The molecule has 1 heterocycles. The number of nitrogens with zero attached hydrogens (tertiary/aromatic N) is 2. The van der Waals surface area contributed by atoms with Crippen LogP contribution < -0.4 is 0 Å². The van der Waals surface area contributed by atoms with Crippen LogP contribution in [0.25, 0.3) is 0 Å². The summed E-state index contributed by atoms with van der Waals surface area (Å²) < 4.78 is 0. The monoisotopic (exact) mass is 492 g/mol. The molecule has 3 aliphatic rings. The molecule has 1 aliphatic heterocycles. The van der Waals surface area contributed by atoms with Gasteiger partial charge < -0.3 is 14.9 Å². The van der Waals surface area contributed by atoms with Gasteiger partial charge in [0.15, 0.2) is 0 Å². The van der Waals surface area contributed by atoms with Crippen molar-refractivity contribution in [1.29, 1.82) is 0 Å². The normalized spacial score (nSPS) is 29.4. The van der Waals surface area contributed by atoms with E-state index in [9.17, 15) is 5.11 Å². The van der Waals surface area contributed by atoms with Crippen molar-refractivity contribution in [3.63, 3.8) is 0 Å². The fraction of sp³-hybridized carbons (Fsp3) is 0.565. The maximum atomic E-state index is 11.3. The van der Waals surface area contributed by atoms with Gasteiger partial charge in [0.05, 0.1) is 10.5 Å². The quantitative estimate of drug-likeness (QED) is 0.453. The SMILES string of the molecule is CN1CCN(CC(C2(Cl)C=CC(c3cccc(Cl)c3)C=C2)C2(O)CCC2)CC1.Cl.Cl. The van der Waals surface area contributed by atoms with E-state index >= 15 is 0 Å². The molecule has 2 fully saturated rings. The lowest BCUT2D eigenvalue weighted by Crippen LogP contribution is -2.58. The van der Waals surface area contributed by atoms with E-state index in [2.05, 4.69) is 47.2 Å². The molecule has 0 bridgehead atoms. The van der Waals surface area contributed by atoms with Crippen molar-refractivity contribution >= 4 is 48.0 Å². The maximum Gasteiger partial charge on any atom is 0.0874 e. The van der Waals surface area contributed by atoms with E-state index in [1.165, 1.54) is 0 Å². The highest BCUT2D eigenvalue weighted by molar-refractivity contribution is 6.30. The average molecular weight is 494 g/mol. The van der Waals surface area contributed by atoms with Gasteiger partial charge in [0.25, 0.3) is 0 Å². The van der Waals surface area contributed by atoms with Gasteiger partial charge in [-0.2, -0.15) is 0 Å². The summed E-state index contributed by atoms with van der Waals surface area (Å²) in [5.41, 5.74) is 0.500. The number of rotatable bonds is 5. The molecule has 7 heteroatoms. The van der Waals surface area contributed by atoms with Crippen molar-refractivity contribution in [3.05, 3.63) is 59.2 Å². The van der Waals surface area contributed by atoms with Crippen LogP contribution in [-0.4, -0.2) is 65.2 Å². The smallest absolute Gasteiger partial charge is 0.0874 e. The topological polar surface area (TPSA) is 26.7 Å². The molecule has 1 unspecified atom stereocenters. The number of benzene rings is 1. The van der Waals surface area contributed by atoms with Crippen LogP contribution in [0.2, 0.25) is 5.02 Å². The van der Waals surface area contributed by atoms with Gasteiger partial charge in [-0.15, -0.1) is 36.4 Å². The van der Waals surface area contributed by atoms with E-state index in [0.717, 1.165) is 62.6 Å². The molecule has 1 N–H and O–H groups in total. The van der Waals surface area contributed by atoms with Gasteiger partial charge in [-0.1, -0.05) is 48.0 Å². The number of piperazine rings is 1. The Balaban J connectivity index is 0.00000160. The van der Waals surface area contributed by atoms with Gasteiger partial charge >= 0.3 is 0 Å². The van der Waals surface area contributed by atoms with Crippen LogP contribution >= 0.6 is 48.0 Å². The van der Waals surface area contributed by atoms with Crippen LogP contribution in [0.3, 0.4) is 0 Å². The van der Waals surface area contributed by atoms with E-state index < -0.39 is 10.5 Å². The number of hydrogen-bond acceptors (Lipinski definition) is 3. The van der Waals surface area contributed by atoms with Gasteiger partial charge in [0.1, 0.15) is 0 Å². The second-order valence-corrected chi connectivity index (χ2v) is 9.83. The van der Waals surface area contributed by atoms with Crippen LogP contribution in [0.15, 0.2) is 48.6 Å². The van der Waals surface area contributed by atoms with Gasteiger partial charge in [-0.25, -0.2) is 0 Å². The third-order valence-corrected chi connectivity index (χ3v) is 7.54. The number of likely N-dealkylation sites (N-methyl/N-ethyl adjacent to an activating group) is 1. The minimum atomic E-state index is -0.664. The van der Waals surface area contributed by atoms with Gasteiger partial charge in [-0.05, 0) is 44.0 Å². The van der Waals surface area contributed by atoms with E-state index in [4.69, 9.17) is 23.2 Å². The molecule has 0 spiro atoms. The van der Waals surface area contributed by atoms with E-state index in [1.54, 1.807) is 0 Å². The number of hydrogen-bond donors (Lipinski definition) is 1. The Morgan fingerprint density at radius 2 is 1.73 bits per heavy atom. The summed E-state index contributed by atoms with van der Waals surface area (Å²) in [5, 5.41) is 12.0. The minimum absolute atomic E-state index is 0. The molecule has 168 valence electrons. The van der Waals surface area contributed by atoms with Gasteiger partial charge in [0.2, 0.25) is 0 Å². The Morgan fingerprint density at radius 3 is 2.27 bits per heavy atom. The summed E-state index contributed by atoms with van der Waals surface area (Å²) >= 11 is 13.3. The molecule has 4 rings (SSSR count). The van der Waals surface area contributed by atoms with Gasteiger partial charge in [0, 0.05) is 49.6 Å². The Kier molecular flexibility index (Phi) is 9.16. The molecule has 0 aromatic heterocycles. The first kappa shape index (κ1) is 26.0. The summed E-state index contributed by atoms with van der Waals surface area (Å²) in [5.74, 6) is 0.164. The highest BCUT2D eigenvalue weighted by atomic mass is 35.5. The highest BCUT2D eigenvalue weighted by Gasteiger charge is 2.51. The minimum Gasteiger partial charge on any atom is -0.389 e.